The highest BCUT2D eigenvalue weighted by Crippen LogP contribution is 2.13. The maximum atomic E-state index is 12.9. The lowest BCUT2D eigenvalue weighted by atomic mass is 10.2. The molecule has 1 aromatic carbocycles. The molecule has 94 valence electrons. The monoisotopic (exact) mass is 247 g/mol. The van der Waals surface area contributed by atoms with Crippen LogP contribution in [0.3, 0.4) is 0 Å². The first-order chi connectivity index (χ1) is 7.95. The average molecular weight is 247 g/mol. The lowest BCUT2D eigenvalue weighted by Gasteiger charge is -2.11. The van der Waals surface area contributed by atoms with Gasteiger partial charge in [0.25, 0.3) is 0 Å². The summed E-state index contributed by atoms with van der Waals surface area (Å²) in [5.74, 6) is -4.51. The highest BCUT2D eigenvalue weighted by Gasteiger charge is 2.14. The van der Waals surface area contributed by atoms with E-state index in [2.05, 4.69) is 10.1 Å². The van der Waals surface area contributed by atoms with Gasteiger partial charge in [0.1, 0.15) is 6.04 Å². The first-order valence-corrected chi connectivity index (χ1v) is 4.90. The summed E-state index contributed by atoms with van der Waals surface area (Å²) in [5.41, 5.74) is 0.206. The smallest absolute Gasteiger partial charge is 0.322 e. The second-order valence-corrected chi connectivity index (χ2v) is 3.50. The van der Waals surface area contributed by atoms with Crippen molar-refractivity contribution in [3.63, 3.8) is 0 Å². The molecule has 1 atom stereocenters. The molecule has 0 aliphatic carbocycles. The van der Waals surface area contributed by atoms with Crippen molar-refractivity contribution in [1.29, 1.82) is 0 Å². The van der Waals surface area contributed by atoms with Crippen LogP contribution in [0.2, 0.25) is 0 Å². The minimum absolute atomic E-state index is 0.0321. The van der Waals surface area contributed by atoms with Crippen molar-refractivity contribution in [2.45, 2.75) is 19.5 Å². The summed E-state index contributed by atoms with van der Waals surface area (Å²) < 4.78 is 42.8. The minimum atomic E-state index is -1.50. The minimum Gasteiger partial charge on any atom is -0.468 e. The number of carbonyl (C=O) groups is 1. The van der Waals surface area contributed by atoms with E-state index in [1.54, 1.807) is 6.92 Å². The van der Waals surface area contributed by atoms with Crippen LogP contribution in [-0.4, -0.2) is 19.1 Å². The van der Waals surface area contributed by atoms with Gasteiger partial charge < -0.3 is 10.1 Å². The van der Waals surface area contributed by atoms with Gasteiger partial charge in [-0.05, 0) is 24.6 Å². The zero-order valence-corrected chi connectivity index (χ0v) is 9.39. The Labute approximate surface area is 96.6 Å². The molecule has 0 radical (unpaired) electrons. The first kappa shape index (κ1) is 13.5. The fourth-order valence-corrected chi connectivity index (χ4v) is 1.24. The van der Waals surface area contributed by atoms with Crippen LogP contribution < -0.4 is 5.32 Å². The van der Waals surface area contributed by atoms with Crippen molar-refractivity contribution in [2.75, 3.05) is 7.11 Å². The van der Waals surface area contributed by atoms with Gasteiger partial charge in [0.2, 0.25) is 0 Å². The molecule has 1 unspecified atom stereocenters. The number of methoxy groups -OCH3 is 1. The van der Waals surface area contributed by atoms with Crippen molar-refractivity contribution in [1.82, 2.24) is 5.32 Å². The van der Waals surface area contributed by atoms with Crippen LogP contribution in [0.25, 0.3) is 0 Å². The Morgan fingerprint density at radius 1 is 1.35 bits per heavy atom. The summed E-state index contributed by atoms with van der Waals surface area (Å²) in [4.78, 5) is 11.0. The molecule has 0 aliphatic rings. The standard InChI is InChI=1S/C11H12F3NO2/c1-6(11(16)17-2)15-5-7-3-8(12)10(14)9(13)4-7/h3-4,6,15H,5H2,1-2H3. The number of esters is 1. The van der Waals surface area contributed by atoms with Crippen molar-refractivity contribution >= 4 is 5.97 Å². The Morgan fingerprint density at radius 3 is 2.35 bits per heavy atom. The summed E-state index contributed by atoms with van der Waals surface area (Å²) in [6.07, 6.45) is 0. The highest BCUT2D eigenvalue weighted by atomic mass is 19.2. The van der Waals surface area contributed by atoms with Crippen molar-refractivity contribution in [2.24, 2.45) is 0 Å². The molecule has 0 saturated heterocycles. The Bertz CT molecular complexity index is 400. The normalized spacial score (nSPS) is 12.3. The van der Waals surface area contributed by atoms with Gasteiger partial charge in [-0.2, -0.15) is 0 Å². The molecule has 1 rings (SSSR count). The van der Waals surface area contributed by atoms with Gasteiger partial charge in [-0.1, -0.05) is 0 Å². The first-order valence-electron chi connectivity index (χ1n) is 4.90. The molecule has 0 aliphatic heterocycles. The van der Waals surface area contributed by atoms with Crippen LogP contribution in [0.15, 0.2) is 12.1 Å². The maximum absolute atomic E-state index is 12.9. The lowest BCUT2D eigenvalue weighted by Crippen LogP contribution is -2.34. The fraction of sp³-hybridized carbons (Fsp3) is 0.364. The van der Waals surface area contributed by atoms with Crippen LogP contribution in [0.4, 0.5) is 13.2 Å². The third-order valence-electron chi connectivity index (χ3n) is 2.21. The molecule has 3 nitrogen and oxygen atoms in total. The van der Waals surface area contributed by atoms with E-state index in [0.29, 0.717) is 0 Å². The van der Waals surface area contributed by atoms with E-state index in [9.17, 15) is 18.0 Å². The Balaban J connectivity index is 2.67. The molecule has 6 heteroatoms. The quantitative estimate of drug-likeness (QED) is 0.650. The maximum Gasteiger partial charge on any atom is 0.322 e. The van der Waals surface area contributed by atoms with Gasteiger partial charge in [-0.25, -0.2) is 13.2 Å². The van der Waals surface area contributed by atoms with Crippen LogP contribution in [0.5, 0.6) is 0 Å². The second-order valence-electron chi connectivity index (χ2n) is 3.50. The third kappa shape index (κ3) is 3.45. The van der Waals surface area contributed by atoms with Gasteiger partial charge in [0.05, 0.1) is 7.11 Å². The molecular weight excluding hydrogens is 235 g/mol. The Morgan fingerprint density at radius 2 is 1.88 bits per heavy atom. The Hall–Kier alpha value is -1.56. The number of benzene rings is 1. The number of hydrogen-bond acceptors (Lipinski definition) is 3. The number of halogens is 3. The van der Waals surface area contributed by atoms with E-state index in [-0.39, 0.29) is 12.1 Å². The second kappa shape index (κ2) is 5.67. The van der Waals surface area contributed by atoms with E-state index >= 15 is 0 Å². The largest absolute Gasteiger partial charge is 0.468 e. The van der Waals surface area contributed by atoms with E-state index in [4.69, 9.17) is 0 Å². The fourth-order valence-electron chi connectivity index (χ4n) is 1.24. The van der Waals surface area contributed by atoms with Gasteiger partial charge in [0.15, 0.2) is 17.5 Å². The molecule has 1 aromatic rings. The predicted octanol–water partition coefficient (Wildman–Crippen LogP) is 1.75. The van der Waals surface area contributed by atoms with Crippen LogP contribution in [0, 0.1) is 17.5 Å². The summed E-state index contributed by atoms with van der Waals surface area (Å²) in [7, 11) is 1.23. The SMILES string of the molecule is COC(=O)C(C)NCc1cc(F)c(F)c(F)c1. The van der Waals surface area contributed by atoms with Crippen molar-refractivity contribution in [3.05, 3.63) is 35.1 Å². The van der Waals surface area contributed by atoms with Crippen molar-refractivity contribution < 1.29 is 22.7 Å². The van der Waals surface area contributed by atoms with E-state index in [1.807, 2.05) is 0 Å². The molecule has 0 heterocycles. The Kier molecular flexibility index (Phi) is 4.51. The van der Waals surface area contributed by atoms with E-state index in [0.717, 1.165) is 12.1 Å². The summed E-state index contributed by atoms with van der Waals surface area (Å²) in [5, 5.41) is 2.69. The van der Waals surface area contributed by atoms with Gasteiger partial charge in [-0.15, -0.1) is 0 Å². The molecule has 1 N–H and O–H groups in total. The zero-order chi connectivity index (χ0) is 13.0. The number of rotatable bonds is 4. The van der Waals surface area contributed by atoms with Crippen LogP contribution in [0.1, 0.15) is 12.5 Å². The highest BCUT2D eigenvalue weighted by molar-refractivity contribution is 5.75. The summed E-state index contributed by atoms with van der Waals surface area (Å²) >= 11 is 0. The number of nitrogens with one attached hydrogen (secondary N) is 1. The third-order valence-corrected chi connectivity index (χ3v) is 2.21. The molecule has 0 bridgehead atoms. The predicted molar refractivity (Wildman–Crippen MR) is 54.6 cm³/mol. The zero-order valence-electron chi connectivity index (χ0n) is 9.39. The summed E-state index contributed by atoms with van der Waals surface area (Å²) in [6, 6.07) is 1.13. The number of hydrogen-bond donors (Lipinski definition) is 1. The van der Waals surface area contributed by atoms with Crippen molar-refractivity contribution in [3.8, 4) is 0 Å². The van der Waals surface area contributed by atoms with Gasteiger partial charge in [0, 0.05) is 6.54 Å². The molecule has 0 fully saturated rings. The van der Waals surface area contributed by atoms with Crippen LogP contribution >= 0.6 is 0 Å². The summed E-state index contributed by atoms with van der Waals surface area (Å²) in [6.45, 7) is 1.58. The molecule has 17 heavy (non-hydrogen) atoms. The number of carbonyl (C=O) groups excluding carboxylic acids is 1. The molecular formula is C11H12F3NO2. The molecule has 0 spiro atoms. The number of ether oxygens (including phenoxy) is 1. The van der Waals surface area contributed by atoms with Gasteiger partial charge in [-0.3, -0.25) is 4.79 Å². The molecule has 0 aromatic heterocycles. The lowest BCUT2D eigenvalue weighted by molar-refractivity contribution is -0.142. The van der Waals surface area contributed by atoms with Crippen LogP contribution in [-0.2, 0) is 16.1 Å². The van der Waals surface area contributed by atoms with Gasteiger partial charge >= 0.3 is 5.97 Å². The topological polar surface area (TPSA) is 38.3 Å². The van der Waals surface area contributed by atoms with E-state index in [1.165, 1.54) is 7.11 Å². The average Bonchev–Trinajstić information content (AvgIpc) is 2.31. The molecule has 0 amide bonds. The molecule has 0 saturated carbocycles. The van der Waals surface area contributed by atoms with E-state index < -0.39 is 29.5 Å².